The third-order valence-electron chi connectivity index (χ3n) is 6.26. The van der Waals surface area contributed by atoms with Crippen LogP contribution >= 0.6 is 0 Å². The third kappa shape index (κ3) is 5.20. The number of hydrogen-bond donors (Lipinski definition) is 1. The van der Waals surface area contributed by atoms with Crippen LogP contribution in [-0.4, -0.2) is 11.7 Å². The molecular weight excluding hydrogens is 414 g/mol. The minimum atomic E-state index is -0.210. The van der Waals surface area contributed by atoms with Gasteiger partial charge >= 0.3 is 0 Å². The first-order valence-electron chi connectivity index (χ1n) is 11.9. The van der Waals surface area contributed by atoms with Gasteiger partial charge < -0.3 is 5.32 Å². The maximum Gasteiger partial charge on any atom is 0.159 e. The molecule has 0 radical (unpaired) electrons. The van der Waals surface area contributed by atoms with Gasteiger partial charge in [-0.3, -0.25) is 0 Å². The summed E-state index contributed by atoms with van der Waals surface area (Å²) < 4.78 is 0. The highest BCUT2D eigenvalue weighted by atomic mass is 15.2. The molecule has 1 atom stereocenters. The van der Waals surface area contributed by atoms with E-state index in [9.17, 15) is 0 Å². The van der Waals surface area contributed by atoms with Gasteiger partial charge in [0.1, 0.15) is 12.0 Å². The van der Waals surface area contributed by atoms with E-state index in [-0.39, 0.29) is 17.0 Å². The summed E-state index contributed by atoms with van der Waals surface area (Å²) in [6.45, 7) is 17.2. The number of nitrogens with one attached hydrogen (secondary N) is 1. The average Bonchev–Trinajstić information content (AvgIpc) is 2.83. The molecule has 0 amide bonds. The molecule has 1 heterocycles. The Bertz CT molecular complexity index is 1210. The van der Waals surface area contributed by atoms with Gasteiger partial charge in [-0.1, -0.05) is 127 Å². The van der Waals surface area contributed by atoms with Gasteiger partial charge in [0.15, 0.2) is 5.84 Å². The Balaban J connectivity index is 1.74. The number of hydrogen-bond acceptors (Lipinski definition) is 3. The second-order valence-corrected chi connectivity index (χ2v) is 11.0. The van der Waals surface area contributed by atoms with Crippen molar-refractivity contribution < 1.29 is 0 Å². The lowest BCUT2D eigenvalue weighted by atomic mass is 9.86. The topological polar surface area (TPSA) is 36.8 Å². The van der Waals surface area contributed by atoms with Crippen molar-refractivity contribution in [3.8, 4) is 0 Å². The molecule has 3 aromatic carbocycles. The van der Waals surface area contributed by atoms with E-state index in [1.165, 1.54) is 11.1 Å². The van der Waals surface area contributed by atoms with Crippen LogP contribution in [0.2, 0.25) is 0 Å². The minimum Gasteiger partial charge on any atom is -0.344 e. The van der Waals surface area contributed by atoms with Crippen LogP contribution in [0.5, 0.6) is 0 Å². The lowest BCUT2D eigenvalue weighted by molar-refractivity contribution is 0.588. The second-order valence-electron chi connectivity index (χ2n) is 11.0. The van der Waals surface area contributed by atoms with E-state index in [1.807, 2.05) is 6.08 Å². The summed E-state index contributed by atoms with van der Waals surface area (Å²) in [7, 11) is 0. The molecule has 34 heavy (non-hydrogen) atoms. The summed E-state index contributed by atoms with van der Waals surface area (Å²) in [5.74, 6) is 1.57. The van der Waals surface area contributed by atoms with Gasteiger partial charge in [-0.25, -0.2) is 9.98 Å². The highest BCUT2D eigenvalue weighted by Gasteiger charge is 2.22. The van der Waals surface area contributed by atoms with Crippen LogP contribution in [-0.2, 0) is 10.8 Å². The molecule has 1 aliphatic heterocycles. The predicted octanol–water partition coefficient (Wildman–Crippen LogP) is 7.42. The lowest BCUT2D eigenvalue weighted by Crippen LogP contribution is -2.33. The Morgan fingerprint density at radius 2 is 1.21 bits per heavy atom. The molecule has 174 valence electrons. The molecule has 3 nitrogen and oxygen atoms in total. The zero-order chi connectivity index (χ0) is 24.5. The Morgan fingerprint density at radius 1 is 0.706 bits per heavy atom. The smallest absolute Gasteiger partial charge is 0.159 e. The average molecular weight is 450 g/mol. The van der Waals surface area contributed by atoms with E-state index in [0.717, 1.165) is 33.9 Å². The molecule has 0 fully saturated rings. The molecule has 0 aliphatic carbocycles. The Kier molecular flexibility index (Phi) is 6.31. The Hall–Kier alpha value is -3.46. The van der Waals surface area contributed by atoms with Crippen molar-refractivity contribution in [1.29, 1.82) is 0 Å². The fourth-order valence-electron chi connectivity index (χ4n) is 3.96. The van der Waals surface area contributed by atoms with E-state index >= 15 is 0 Å². The first-order valence-corrected chi connectivity index (χ1v) is 11.9. The summed E-state index contributed by atoms with van der Waals surface area (Å²) in [5.41, 5.74) is 7.07. The molecule has 0 aromatic heterocycles. The molecule has 3 heteroatoms. The molecule has 0 saturated heterocycles. The van der Waals surface area contributed by atoms with Gasteiger partial charge in [-0.15, -0.1) is 0 Å². The standard InChI is InChI=1S/C31H35N3/c1-8-21-9-11-22(12-10-21)27-32-28(23-13-17-25(18-14-23)30(2,3)4)34-29(33-27)24-15-19-26(20-16-24)31(5,6)7/h8-20,28H,1H2,2-7H3,(H,32,33,34). The molecule has 1 unspecified atom stereocenters. The van der Waals surface area contributed by atoms with Crippen LogP contribution in [0.3, 0.4) is 0 Å². The van der Waals surface area contributed by atoms with Crippen LogP contribution in [0.25, 0.3) is 6.08 Å². The van der Waals surface area contributed by atoms with Crippen molar-refractivity contribution in [2.45, 2.75) is 58.5 Å². The molecule has 4 rings (SSSR count). The van der Waals surface area contributed by atoms with E-state index in [1.54, 1.807) is 0 Å². The highest BCUT2D eigenvalue weighted by Crippen LogP contribution is 2.27. The molecule has 1 N–H and O–H groups in total. The first kappa shape index (κ1) is 23.7. The second kappa shape index (κ2) is 9.06. The molecule has 1 aliphatic rings. The fourth-order valence-corrected chi connectivity index (χ4v) is 3.96. The number of benzene rings is 3. The van der Waals surface area contributed by atoms with Crippen molar-refractivity contribution in [1.82, 2.24) is 5.32 Å². The maximum atomic E-state index is 5.02. The summed E-state index contributed by atoms with van der Waals surface area (Å²) in [5, 5.41) is 3.55. The molecule has 0 spiro atoms. The van der Waals surface area contributed by atoms with E-state index in [4.69, 9.17) is 9.98 Å². The number of amidine groups is 2. The van der Waals surface area contributed by atoms with Crippen LogP contribution in [0.4, 0.5) is 0 Å². The van der Waals surface area contributed by atoms with Crippen LogP contribution in [0.1, 0.15) is 81.1 Å². The van der Waals surface area contributed by atoms with Crippen molar-refractivity contribution in [3.63, 3.8) is 0 Å². The van der Waals surface area contributed by atoms with E-state index in [0.29, 0.717) is 0 Å². The quantitative estimate of drug-likeness (QED) is 0.442. The van der Waals surface area contributed by atoms with Gasteiger partial charge in [-0.2, -0.15) is 0 Å². The van der Waals surface area contributed by atoms with Gasteiger partial charge in [0.25, 0.3) is 0 Å². The van der Waals surface area contributed by atoms with E-state index < -0.39 is 0 Å². The lowest BCUT2D eigenvalue weighted by Gasteiger charge is -2.25. The van der Waals surface area contributed by atoms with Crippen molar-refractivity contribution in [2.75, 3.05) is 0 Å². The molecule has 0 saturated carbocycles. The summed E-state index contributed by atoms with van der Waals surface area (Å²) in [6, 6.07) is 25.6. The number of nitrogens with zero attached hydrogens (tertiary/aromatic N) is 2. The predicted molar refractivity (Wildman–Crippen MR) is 146 cm³/mol. The van der Waals surface area contributed by atoms with Gasteiger partial charge in [0.2, 0.25) is 0 Å². The van der Waals surface area contributed by atoms with Crippen LogP contribution < -0.4 is 5.32 Å². The normalized spacial score (nSPS) is 16.4. The zero-order valence-corrected chi connectivity index (χ0v) is 21.2. The zero-order valence-electron chi connectivity index (χ0n) is 21.2. The molecule has 0 bridgehead atoms. The summed E-state index contributed by atoms with van der Waals surface area (Å²) >= 11 is 0. The monoisotopic (exact) mass is 449 g/mol. The van der Waals surface area contributed by atoms with Crippen LogP contribution in [0, 0.1) is 0 Å². The van der Waals surface area contributed by atoms with Gasteiger partial charge in [0, 0.05) is 11.1 Å². The first-order chi connectivity index (χ1) is 16.0. The SMILES string of the molecule is C=Cc1ccc(C2=NC(c3ccc(C(C)(C)C)cc3)=NC(c3ccc(C(C)(C)C)cc3)N2)cc1. The largest absolute Gasteiger partial charge is 0.344 e. The summed E-state index contributed by atoms with van der Waals surface area (Å²) in [6.07, 6.45) is 1.64. The fraction of sp³-hybridized carbons (Fsp3) is 0.290. The Morgan fingerprint density at radius 3 is 1.71 bits per heavy atom. The van der Waals surface area contributed by atoms with Gasteiger partial charge in [-0.05, 0) is 33.1 Å². The van der Waals surface area contributed by atoms with E-state index in [2.05, 4.69) is 126 Å². The number of rotatable bonds is 4. The van der Waals surface area contributed by atoms with Crippen molar-refractivity contribution in [3.05, 3.63) is 113 Å². The van der Waals surface area contributed by atoms with Gasteiger partial charge in [0.05, 0.1) is 0 Å². The highest BCUT2D eigenvalue weighted by molar-refractivity contribution is 6.13. The van der Waals surface area contributed by atoms with Crippen molar-refractivity contribution >= 4 is 17.7 Å². The molecule has 3 aromatic rings. The maximum absolute atomic E-state index is 5.02. The minimum absolute atomic E-state index is 0.104. The Labute approximate surface area is 204 Å². The number of aliphatic imine (C=N–C) groups is 2. The van der Waals surface area contributed by atoms with Crippen LogP contribution in [0.15, 0.2) is 89.4 Å². The van der Waals surface area contributed by atoms with Crippen molar-refractivity contribution in [2.24, 2.45) is 9.98 Å². The third-order valence-corrected chi connectivity index (χ3v) is 6.26. The summed E-state index contributed by atoms with van der Waals surface area (Å²) in [4.78, 5) is 9.95. The molecular formula is C31H35N3.